The van der Waals surface area contributed by atoms with Gasteiger partial charge in [0, 0.05) is 0 Å². The van der Waals surface area contributed by atoms with Crippen molar-refractivity contribution in [2.45, 2.75) is 96.6 Å². The van der Waals surface area contributed by atoms with Crippen molar-refractivity contribution in [3.8, 4) is 0 Å². The third-order valence-corrected chi connectivity index (χ3v) is 5.69. The van der Waals surface area contributed by atoms with Crippen molar-refractivity contribution in [1.29, 1.82) is 0 Å². The molecular formula is C25H38N2O6. The van der Waals surface area contributed by atoms with E-state index in [0.29, 0.717) is 6.42 Å². The Labute approximate surface area is 196 Å². The van der Waals surface area contributed by atoms with Gasteiger partial charge in [-0.2, -0.15) is 0 Å². The number of carboxylic acid groups (broad SMARTS) is 1. The molecule has 1 saturated carbocycles. The van der Waals surface area contributed by atoms with E-state index in [1.165, 1.54) is 6.42 Å². The normalized spacial score (nSPS) is 17.5. The lowest BCUT2D eigenvalue weighted by molar-refractivity contribution is -0.144. The van der Waals surface area contributed by atoms with Gasteiger partial charge in [-0.3, -0.25) is 4.79 Å². The van der Waals surface area contributed by atoms with E-state index >= 15 is 0 Å². The van der Waals surface area contributed by atoms with Crippen molar-refractivity contribution >= 4 is 18.0 Å². The van der Waals surface area contributed by atoms with Crippen molar-refractivity contribution < 1.29 is 29.0 Å². The molecule has 2 amide bonds. The highest BCUT2D eigenvalue weighted by atomic mass is 16.6. The van der Waals surface area contributed by atoms with Gasteiger partial charge in [0.1, 0.15) is 18.7 Å². The molecule has 0 spiro atoms. The highest BCUT2D eigenvalue weighted by Gasteiger charge is 2.34. The van der Waals surface area contributed by atoms with Crippen molar-refractivity contribution in [2.24, 2.45) is 5.92 Å². The zero-order valence-electron chi connectivity index (χ0n) is 20.1. The van der Waals surface area contributed by atoms with E-state index < -0.39 is 41.8 Å². The van der Waals surface area contributed by atoms with Crippen LogP contribution in [0, 0.1) is 5.92 Å². The summed E-state index contributed by atoms with van der Waals surface area (Å²) in [5.41, 5.74) is 0.244. The van der Waals surface area contributed by atoms with Gasteiger partial charge in [-0.25, -0.2) is 9.59 Å². The largest absolute Gasteiger partial charge is 0.480 e. The van der Waals surface area contributed by atoms with Crippen LogP contribution in [-0.4, -0.2) is 46.9 Å². The predicted octanol–water partition coefficient (Wildman–Crippen LogP) is 4.02. The lowest BCUT2D eigenvalue weighted by Crippen LogP contribution is -2.57. The third kappa shape index (κ3) is 9.82. The van der Waals surface area contributed by atoms with Crippen LogP contribution in [0.15, 0.2) is 30.3 Å². The second kappa shape index (κ2) is 12.6. The van der Waals surface area contributed by atoms with Crippen LogP contribution in [0.3, 0.4) is 0 Å². The molecule has 184 valence electrons. The molecule has 0 saturated heterocycles. The number of aliphatic carboxylic acids is 1. The molecule has 3 atom stereocenters. The van der Waals surface area contributed by atoms with Gasteiger partial charge in [0.2, 0.25) is 5.91 Å². The average Bonchev–Trinajstić information content (AvgIpc) is 2.75. The molecule has 1 aliphatic rings. The first kappa shape index (κ1) is 26.6. The molecule has 33 heavy (non-hydrogen) atoms. The number of rotatable bonds is 10. The number of carbonyl (C=O) groups is 3. The highest BCUT2D eigenvalue weighted by Crippen LogP contribution is 2.27. The monoisotopic (exact) mass is 462 g/mol. The van der Waals surface area contributed by atoms with E-state index in [1.807, 2.05) is 51.1 Å². The van der Waals surface area contributed by atoms with E-state index in [4.69, 9.17) is 9.47 Å². The van der Waals surface area contributed by atoms with Crippen LogP contribution in [-0.2, 0) is 25.7 Å². The fourth-order valence-electron chi connectivity index (χ4n) is 4.15. The Morgan fingerprint density at radius 1 is 1.06 bits per heavy atom. The second-order valence-corrected chi connectivity index (χ2v) is 9.76. The minimum atomic E-state index is -1.11. The fourth-order valence-corrected chi connectivity index (χ4v) is 4.15. The number of hydrogen-bond donors (Lipinski definition) is 3. The van der Waals surface area contributed by atoms with E-state index in [2.05, 4.69) is 10.6 Å². The minimum absolute atomic E-state index is 0.0505. The van der Waals surface area contributed by atoms with Gasteiger partial charge in [-0.1, -0.05) is 62.4 Å². The Morgan fingerprint density at radius 2 is 1.70 bits per heavy atom. The SMILES string of the molecule is CC(OC(C)(C)C)C(NC(=O)OCc1ccccc1)C(=O)NC(CC1CCCCC1)C(=O)O. The Balaban J connectivity index is 2.05. The summed E-state index contributed by atoms with van der Waals surface area (Å²) in [7, 11) is 0. The van der Waals surface area contributed by atoms with Gasteiger partial charge in [0.15, 0.2) is 0 Å². The zero-order valence-corrected chi connectivity index (χ0v) is 20.1. The molecule has 0 bridgehead atoms. The summed E-state index contributed by atoms with van der Waals surface area (Å²) in [5.74, 6) is -1.42. The smallest absolute Gasteiger partial charge is 0.408 e. The molecule has 1 fully saturated rings. The van der Waals surface area contributed by atoms with Gasteiger partial charge in [-0.05, 0) is 45.6 Å². The summed E-state index contributed by atoms with van der Waals surface area (Å²) >= 11 is 0. The molecule has 0 heterocycles. The van der Waals surface area contributed by atoms with E-state index in [9.17, 15) is 19.5 Å². The molecule has 8 heteroatoms. The first-order chi connectivity index (χ1) is 15.5. The first-order valence-electron chi connectivity index (χ1n) is 11.7. The molecule has 1 aromatic carbocycles. The van der Waals surface area contributed by atoms with Crippen LogP contribution in [0.2, 0.25) is 0 Å². The van der Waals surface area contributed by atoms with Crippen molar-refractivity contribution in [3.63, 3.8) is 0 Å². The number of nitrogens with one attached hydrogen (secondary N) is 2. The molecule has 3 N–H and O–H groups in total. The van der Waals surface area contributed by atoms with Gasteiger partial charge < -0.3 is 25.2 Å². The van der Waals surface area contributed by atoms with Crippen molar-refractivity contribution in [3.05, 3.63) is 35.9 Å². The van der Waals surface area contributed by atoms with Gasteiger partial charge in [0.05, 0.1) is 11.7 Å². The molecule has 0 aliphatic heterocycles. The average molecular weight is 463 g/mol. The number of carboxylic acids is 1. The lowest BCUT2D eigenvalue weighted by atomic mass is 9.84. The second-order valence-electron chi connectivity index (χ2n) is 9.76. The summed E-state index contributed by atoms with van der Waals surface area (Å²) in [5, 5.41) is 14.9. The maximum atomic E-state index is 13.1. The predicted molar refractivity (Wildman–Crippen MR) is 125 cm³/mol. The summed E-state index contributed by atoms with van der Waals surface area (Å²) in [6.07, 6.45) is 4.16. The molecule has 2 rings (SSSR count). The van der Waals surface area contributed by atoms with Gasteiger partial charge in [-0.15, -0.1) is 0 Å². The van der Waals surface area contributed by atoms with Crippen LogP contribution in [0.25, 0.3) is 0 Å². The topological polar surface area (TPSA) is 114 Å². The molecule has 0 radical (unpaired) electrons. The Kier molecular flexibility index (Phi) is 10.2. The number of amides is 2. The number of ether oxygens (including phenoxy) is 2. The molecular weight excluding hydrogens is 424 g/mol. The van der Waals surface area contributed by atoms with E-state index in [-0.39, 0.29) is 12.5 Å². The zero-order chi connectivity index (χ0) is 24.4. The summed E-state index contributed by atoms with van der Waals surface area (Å²) in [6, 6.07) is 7.06. The van der Waals surface area contributed by atoms with Crippen LogP contribution < -0.4 is 10.6 Å². The summed E-state index contributed by atoms with van der Waals surface area (Å²) in [4.78, 5) is 37.4. The first-order valence-corrected chi connectivity index (χ1v) is 11.7. The summed E-state index contributed by atoms with van der Waals surface area (Å²) < 4.78 is 11.2. The Bertz CT molecular complexity index is 771. The van der Waals surface area contributed by atoms with Gasteiger partial charge >= 0.3 is 12.1 Å². The third-order valence-electron chi connectivity index (χ3n) is 5.69. The number of alkyl carbamates (subject to hydrolysis) is 1. The fraction of sp³-hybridized carbons (Fsp3) is 0.640. The maximum Gasteiger partial charge on any atom is 0.408 e. The van der Waals surface area contributed by atoms with Crippen molar-refractivity contribution in [2.75, 3.05) is 0 Å². The maximum absolute atomic E-state index is 13.1. The molecule has 1 aliphatic carbocycles. The minimum Gasteiger partial charge on any atom is -0.480 e. The summed E-state index contributed by atoms with van der Waals surface area (Å²) in [6.45, 7) is 7.25. The van der Waals surface area contributed by atoms with E-state index in [0.717, 1.165) is 31.2 Å². The molecule has 3 unspecified atom stereocenters. The quantitative estimate of drug-likeness (QED) is 0.484. The van der Waals surface area contributed by atoms with Crippen LogP contribution >= 0.6 is 0 Å². The molecule has 8 nitrogen and oxygen atoms in total. The Morgan fingerprint density at radius 3 is 2.27 bits per heavy atom. The standard InChI is InChI=1S/C25H38N2O6/c1-17(33-25(2,3)4)21(27-24(31)32-16-19-13-9-6-10-14-19)22(28)26-20(23(29)30)15-18-11-7-5-8-12-18/h6,9-10,13-14,17-18,20-21H,5,7-8,11-12,15-16H2,1-4H3,(H,26,28)(H,27,31)(H,29,30). The Hall–Kier alpha value is -2.61. The molecule has 1 aromatic rings. The van der Waals surface area contributed by atoms with Crippen molar-refractivity contribution in [1.82, 2.24) is 10.6 Å². The number of hydrogen-bond acceptors (Lipinski definition) is 5. The lowest BCUT2D eigenvalue weighted by Gasteiger charge is -2.31. The number of carbonyl (C=O) groups excluding carboxylic acids is 2. The van der Waals surface area contributed by atoms with Crippen LogP contribution in [0.5, 0.6) is 0 Å². The van der Waals surface area contributed by atoms with E-state index in [1.54, 1.807) is 6.92 Å². The van der Waals surface area contributed by atoms with Gasteiger partial charge in [0.25, 0.3) is 0 Å². The van der Waals surface area contributed by atoms with Crippen LogP contribution in [0.1, 0.15) is 71.8 Å². The van der Waals surface area contributed by atoms with Crippen LogP contribution in [0.4, 0.5) is 4.79 Å². The number of benzene rings is 1. The highest BCUT2D eigenvalue weighted by molar-refractivity contribution is 5.89. The molecule has 0 aromatic heterocycles.